The Labute approximate surface area is 130 Å². The molecule has 1 nitrogen and oxygen atoms in total. The molecule has 0 aliphatic heterocycles. The van der Waals surface area contributed by atoms with Crippen LogP contribution in [0.4, 0.5) is 8.78 Å². The lowest BCUT2D eigenvalue weighted by molar-refractivity contribution is 0.214. The molecule has 0 heterocycles. The lowest BCUT2D eigenvalue weighted by Crippen LogP contribution is -2.04. The van der Waals surface area contributed by atoms with Crippen LogP contribution in [0.15, 0.2) is 39.3 Å². The number of aliphatic hydroxyl groups excluding tert-OH is 1. The first-order valence-electron chi connectivity index (χ1n) is 5.17. The highest BCUT2D eigenvalue weighted by molar-refractivity contribution is 9.10. The molecule has 19 heavy (non-hydrogen) atoms. The molecule has 2 aromatic carbocycles. The number of hydrogen-bond acceptors (Lipinski definition) is 1. The van der Waals surface area contributed by atoms with Gasteiger partial charge in [-0.2, -0.15) is 0 Å². The molecule has 0 aliphatic carbocycles. The van der Waals surface area contributed by atoms with Crippen molar-refractivity contribution in [1.29, 1.82) is 0 Å². The first-order chi connectivity index (χ1) is 8.90. The normalized spacial score (nSPS) is 12.5. The zero-order valence-electron chi connectivity index (χ0n) is 9.30. The second kappa shape index (κ2) is 5.87. The highest BCUT2D eigenvalue weighted by Gasteiger charge is 2.20. The summed E-state index contributed by atoms with van der Waals surface area (Å²) in [4.78, 5) is 0. The van der Waals surface area contributed by atoms with Crippen LogP contribution in [-0.4, -0.2) is 5.11 Å². The van der Waals surface area contributed by atoms with E-state index in [2.05, 4.69) is 31.9 Å². The van der Waals surface area contributed by atoms with Gasteiger partial charge in [-0.3, -0.25) is 0 Å². The third-order valence-corrected chi connectivity index (χ3v) is 4.02. The van der Waals surface area contributed by atoms with Gasteiger partial charge in [0.15, 0.2) is 0 Å². The molecule has 100 valence electrons. The Bertz CT molecular complexity index is 634. The summed E-state index contributed by atoms with van der Waals surface area (Å²) in [7, 11) is 0. The van der Waals surface area contributed by atoms with Gasteiger partial charge in [0, 0.05) is 20.6 Å². The van der Waals surface area contributed by atoms with E-state index in [-0.39, 0.29) is 15.1 Å². The molecule has 0 radical (unpaired) electrons. The summed E-state index contributed by atoms with van der Waals surface area (Å²) in [6, 6.07) is 6.71. The van der Waals surface area contributed by atoms with Crippen molar-refractivity contribution in [2.24, 2.45) is 0 Å². The molecule has 1 atom stereocenters. The van der Waals surface area contributed by atoms with Crippen LogP contribution < -0.4 is 0 Å². The Kier molecular flexibility index (Phi) is 4.61. The van der Waals surface area contributed by atoms with Crippen molar-refractivity contribution in [1.82, 2.24) is 0 Å². The zero-order chi connectivity index (χ0) is 14.2. The van der Waals surface area contributed by atoms with Gasteiger partial charge in [-0.05, 0) is 40.2 Å². The van der Waals surface area contributed by atoms with Crippen LogP contribution in [0.25, 0.3) is 0 Å². The molecule has 0 aromatic heterocycles. The Morgan fingerprint density at radius 2 is 1.68 bits per heavy atom. The van der Waals surface area contributed by atoms with Crippen LogP contribution in [0.2, 0.25) is 5.02 Å². The average molecular weight is 412 g/mol. The summed E-state index contributed by atoms with van der Waals surface area (Å²) >= 11 is 12.1. The number of benzene rings is 2. The molecule has 0 saturated carbocycles. The molecule has 1 N–H and O–H groups in total. The minimum atomic E-state index is -1.33. The Morgan fingerprint density at radius 1 is 1.00 bits per heavy atom. The molecule has 0 fully saturated rings. The average Bonchev–Trinajstić information content (AvgIpc) is 2.33. The van der Waals surface area contributed by atoms with Crippen molar-refractivity contribution in [2.45, 2.75) is 6.10 Å². The maximum absolute atomic E-state index is 13.8. The zero-order valence-corrected chi connectivity index (χ0v) is 13.2. The summed E-state index contributed by atoms with van der Waals surface area (Å²) in [6.07, 6.45) is -1.33. The van der Waals surface area contributed by atoms with Crippen LogP contribution in [-0.2, 0) is 0 Å². The highest BCUT2D eigenvalue weighted by atomic mass is 79.9. The van der Waals surface area contributed by atoms with Gasteiger partial charge in [0.1, 0.15) is 17.7 Å². The van der Waals surface area contributed by atoms with Gasteiger partial charge in [-0.1, -0.05) is 33.6 Å². The van der Waals surface area contributed by atoms with E-state index < -0.39 is 17.7 Å². The van der Waals surface area contributed by atoms with Crippen LogP contribution in [0.3, 0.4) is 0 Å². The summed E-state index contributed by atoms with van der Waals surface area (Å²) in [5, 5.41) is 10.4. The summed E-state index contributed by atoms with van der Waals surface area (Å²) in [5.41, 5.74) is 0.149. The SMILES string of the molecule is OC(c1cc(F)c(Br)cc1F)c1ccc(Br)cc1Cl. The van der Waals surface area contributed by atoms with Gasteiger partial charge in [0.05, 0.1) is 4.47 Å². The Morgan fingerprint density at radius 3 is 2.32 bits per heavy atom. The van der Waals surface area contributed by atoms with Crippen LogP contribution >= 0.6 is 43.5 Å². The van der Waals surface area contributed by atoms with Gasteiger partial charge >= 0.3 is 0 Å². The van der Waals surface area contributed by atoms with E-state index in [1.54, 1.807) is 18.2 Å². The van der Waals surface area contributed by atoms with E-state index >= 15 is 0 Å². The smallest absolute Gasteiger partial charge is 0.137 e. The van der Waals surface area contributed by atoms with Gasteiger partial charge in [0.2, 0.25) is 0 Å². The van der Waals surface area contributed by atoms with Crippen LogP contribution in [0, 0.1) is 11.6 Å². The molecular formula is C13H7Br2ClF2O. The van der Waals surface area contributed by atoms with Crippen molar-refractivity contribution in [3.05, 3.63) is 67.1 Å². The molecule has 2 rings (SSSR count). The maximum Gasteiger partial charge on any atom is 0.137 e. The van der Waals surface area contributed by atoms with Crippen molar-refractivity contribution < 1.29 is 13.9 Å². The quantitative estimate of drug-likeness (QED) is 0.670. The van der Waals surface area contributed by atoms with E-state index in [4.69, 9.17) is 11.6 Å². The van der Waals surface area contributed by atoms with E-state index in [1.807, 2.05) is 0 Å². The minimum absolute atomic E-state index is 0.00264. The minimum Gasteiger partial charge on any atom is -0.383 e. The van der Waals surface area contributed by atoms with Crippen molar-refractivity contribution in [3.8, 4) is 0 Å². The van der Waals surface area contributed by atoms with Crippen LogP contribution in [0.5, 0.6) is 0 Å². The monoisotopic (exact) mass is 410 g/mol. The predicted octanol–water partition coefficient (Wildman–Crippen LogP) is 5.22. The molecule has 1 unspecified atom stereocenters. The Hall–Kier alpha value is -0.490. The highest BCUT2D eigenvalue weighted by Crippen LogP contribution is 2.33. The summed E-state index contributed by atoms with van der Waals surface area (Å²) in [6.45, 7) is 0. The molecule has 6 heteroatoms. The van der Waals surface area contributed by atoms with E-state index in [0.717, 1.165) is 16.6 Å². The number of halogens is 5. The van der Waals surface area contributed by atoms with Crippen molar-refractivity contribution in [3.63, 3.8) is 0 Å². The van der Waals surface area contributed by atoms with Gasteiger partial charge in [0.25, 0.3) is 0 Å². The fourth-order valence-corrected chi connectivity index (χ4v) is 2.73. The third-order valence-electron chi connectivity index (χ3n) is 2.59. The fourth-order valence-electron chi connectivity index (χ4n) is 1.64. The predicted molar refractivity (Wildman–Crippen MR) is 77.3 cm³/mol. The third kappa shape index (κ3) is 3.16. The standard InChI is InChI=1S/C13H7Br2ClF2O/c14-6-1-2-7(10(16)3-6)13(19)8-4-12(18)9(15)5-11(8)17/h1-5,13,19H. The van der Waals surface area contributed by atoms with Gasteiger partial charge in [-0.15, -0.1) is 0 Å². The van der Waals surface area contributed by atoms with Crippen molar-refractivity contribution >= 4 is 43.5 Å². The van der Waals surface area contributed by atoms with E-state index in [9.17, 15) is 13.9 Å². The second-order valence-electron chi connectivity index (χ2n) is 3.86. The molecule has 0 bridgehead atoms. The van der Waals surface area contributed by atoms with Crippen molar-refractivity contribution in [2.75, 3.05) is 0 Å². The molecule has 0 saturated heterocycles. The molecule has 0 spiro atoms. The molecule has 2 aromatic rings. The van der Waals surface area contributed by atoms with E-state index in [0.29, 0.717) is 5.56 Å². The lowest BCUT2D eigenvalue weighted by Gasteiger charge is -2.14. The first-order valence-corrected chi connectivity index (χ1v) is 7.14. The number of rotatable bonds is 2. The van der Waals surface area contributed by atoms with Gasteiger partial charge in [-0.25, -0.2) is 8.78 Å². The Balaban J connectivity index is 2.49. The number of aliphatic hydroxyl groups is 1. The second-order valence-corrected chi connectivity index (χ2v) is 6.03. The molecular weight excluding hydrogens is 405 g/mol. The lowest BCUT2D eigenvalue weighted by atomic mass is 10.0. The van der Waals surface area contributed by atoms with E-state index in [1.165, 1.54) is 0 Å². The number of hydrogen-bond donors (Lipinski definition) is 1. The van der Waals surface area contributed by atoms with Crippen LogP contribution in [0.1, 0.15) is 17.2 Å². The largest absolute Gasteiger partial charge is 0.383 e. The maximum atomic E-state index is 13.8. The summed E-state index contributed by atoms with van der Waals surface area (Å²) < 4.78 is 27.9. The van der Waals surface area contributed by atoms with Gasteiger partial charge < -0.3 is 5.11 Å². The topological polar surface area (TPSA) is 20.2 Å². The molecule has 0 aliphatic rings. The first kappa shape index (κ1) is 14.9. The fraction of sp³-hybridized carbons (Fsp3) is 0.0769. The summed E-state index contributed by atoms with van der Waals surface area (Å²) in [5.74, 6) is -1.36. The molecule has 0 amide bonds.